The van der Waals surface area contributed by atoms with Gasteiger partial charge in [0.1, 0.15) is 0 Å². The number of carbonyl (C=O) groups excluding carboxylic acids is 1. The number of benzene rings is 2. The minimum Gasteiger partial charge on any atom is -0.493 e. The highest BCUT2D eigenvalue weighted by molar-refractivity contribution is 5.81. The quantitative estimate of drug-likeness (QED) is 0.441. The molecule has 1 aromatic heterocycles. The van der Waals surface area contributed by atoms with Crippen molar-refractivity contribution in [3.8, 4) is 11.5 Å². The Bertz CT molecular complexity index is 1170. The number of rotatable bonds is 12. The van der Waals surface area contributed by atoms with Gasteiger partial charge in [-0.3, -0.25) is 19.1 Å². The van der Waals surface area contributed by atoms with Gasteiger partial charge in [-0.1, -0.05) is 38.1 Å². The minimum absolute atomic E-state index is 0.0395. The van der Waals surface area contributed by atoms with Gasteiger partial charge in [-0.15, -0.1) is 0 Å². The fourth-order valence-corrected chi connectivity index (χ4v) is 3.89. The Morgan fingerprint density at radius 2 is 1.76 bits per heavy atom. The summed E-state index contributed by atoms with van der Waals surface area (Å²) in [6.07, 6.45) is 2.37. The number of methoxy groups -OCH3 is 2. The van der Waals surface area contributed by atoms with E-state index in [0.717, 1.165) is 25.2 Å². The zero-order valence-corrected chi connectivity index (χ0v) is 20.5. The van der Waals surface area contributed by atoms with Gasteiger partial charge in [0.2, 0.25) is 5.91 Å². The molecule has 8 heteroatoms. The molecule has 0 saturated heterocycles. The molecule has 0 aliphatic carbocycles. The van der Waals surface area contributed by atoms with Crippen molar-refractivity contribution < 1.29 is 14.3 Å². The maximum atomic E-state index is 12.9. The second-order valence-corrected chi connectivity index (χ2v) is 8.13. The predicted octanol–water partition coefficient (Wildman–Crippen LogP) is 3.35. The summed E-state index contributed by atoms with van der Waals surface area (Å²) in [5.74, 6) is 0.962. The molecule has 2 aromatic carbocycles. The Kier molecular flexibility index (Phi) is 9.04. The average molecular weight is 467 g/mol. The fourth-order valence-electron chi connectivity index (χ4n) is 3.89. The molecule has 0 saturated carbocycles. The van der Waals surface area contributed by atoms with Crippen LogP contribution in [0.1, 0.15) is 37.8 Å². The standard InChI is InChI=1S/C26H34N4O4/c1-5-29(6-2)17-20-10-7-9-19(13-20)16-27-25(31)11-8-12-30-18-28-22-15-24(34-4)23(33-3)14-21(22)26(30)32/h7,9-10,13-15,18H,5-6,8,11-12,16-17H2,1-4H3,(H,27,31). The predicted molar refractivity (Wildman–Crippen MR) is 133 cm³/mol. The molecule has 1 amide bonds. The summed E-state index contributed by atoms with van der Waals surface area (Å²) in [6, 6.07) is 11.6. The van der Waals surface area contributed by atoms with E-state index < -0.39 is 0 Å². The maximum absolute atomic E-state index is 12.9. The summed E-state index contributed by atoms with van der Waals surface area (Å²) < 4.78 is 12.1. The molecule has 0 radical (unpaired) electrons. The van der Waals surface area contributed by atoms with Crippen LogP contribution in [0, 0.1) is 0 Å². The van der Waals surface area contributed by atoms with Gasteiger partial charge in [0.25, 0.3) is 5.56 Å². The number of nitrogens with zero attached hydrogens (tertiary/aromatic N) is 3. The number of fused-ring (bicyclic) bond motifs is 1. The van der Waals surface area contributed by atoms with Gasteiger partial charge in [0.05, 0.1) is 31.4 Å². The number of hydrogen-bond donors (Lipinski definition) is 1. The maximum Gasteiger partial charge on any atom is 0.261 e. The molecular formula is C26H34N4O4. The van der Waals surface area contributed by atoms with Crippen LogP contribution in [0.3, 0.4) is 0 Å². The van der Waals surface area contributed by atoms with E-state index in [-0.39, 0.29) is 11.5 Å². The van der Waals surface area contributed by atoms with Crippen molar-refractivity contribution in [1.29, 1.82) is 0 Å². The van der Waals surface area contributed by atoms with Crippen LogP contribution in [0.25, 0.3) is 10.9 Å². The van der Waals surface area contributed by atoms with Crippen molar-refractivity contribution >= 4 is 16.8 Å². The first-order valence-electron chi connectivity index (χ1n) is 11.7. The molecule has 0 unspecified atom stereocenters. The van der Waals surface area contributed by atoms with E-state index in [1.807, 2.05) is 12.1 Å². The SMILES string of the molecule is CCN(CC)Cc1cccc(CNC(=O)CCCn2cnc3cc(OC)c(OC)cc3c2=O)c1. The van der Waals surface area contributed by atoms with Gasteiger partial charge in [-0.05, 0) is 36.7 Å². The third kappa shape index (κ3) is 6.35. The molecule has 0 bridgehead atoms. The third-order valence-electron chi connectivity index (χ3n) is 5.91. The van der Waals surface area contributed by atoms with Gasteiger partial charge in [-0.2, -0.15) is 0 Å². The van der Waals surface area contributed by atoms with E-state index >= 15 is 0 Å². The first-order chi connectivity index (χ1) is 16.5. The van der Waals surface area contributed by atoms with E-state index in [2.05, 4.69) is 41.2 Å². The highest BCUT2D eigenvalue weighted by atomic mass is 16.5. The molecule has 1 heterocycles. The van der Waals surface area contributed by atoms with Crippen molar-refractivity contribution in [2.75, 3.05) is 27.3 Å². The Morgan fingerprint density at radius 1 is 1.06 bits per heavy atom. The van der Waals surface area contributed by atoms with Crippen LogP contribution in [0.2, 0.25) is 0 Å². The van der Waals surface area contributed by atoms with Crippen LogP contribution in [-0.4, -0.2) is 47.7 Å². The second kappa shape index (κ2) is 12.2. The van der Waals surface area contributed by atoms with Crippen LogP contribution >= 0.6 is 0 Å². The Morgan fingerprint density at radius 3 is 2.47 bits per heavy atom. The van der Waals surface area contributed by atoms with Gasteiger partial charge < -0.3 is 14.8 Å². The normalized spacial score (nSPS) is 11.1. The van der Waals surface area contributed by atoms with Gasteiger partial charge >= 0.3 is 0 Å². The smallest absolute Gasteiger partial charge is 0.261 e. The molecule has 8 nitrogen and oxygen atoms in total. The van der Waals surface area contributed by atoms with Gasteiger partial charge in [0, 0.05) is 32.1 Å². The number of aryl methyl sites for hydroxylation is 1. The number of amides is 1. The van der Waals surface area contributed by atoms with Crippen molar-refractivity contribution in [2.24, 2.45) is 0 Å². The summed E-state index contributed by atoms with van der Waals surface area (Å²) >= 11 is 0. The van der Waals surface area contributed by atoms with Crippen molar-refractivity contribution in [2.45, 2.75) is 46.3 Å². The van der Waals surface area contributed by atoms with E-state index in [9.17, 15) is 9.59 Å². The molecule has 0 aliphatic heterocycles. The van der Waals surface area contributed by atoms with Crippen LogP contribution in [0.15, 0.2) is 47.5 Å². The molecule has 182 valence electrons. The topological polar surface area (TPSA) is 85.7 Å². The lowest BCUT2D eigenvalue weighted by Gasteiger charge is -2.18. The van der Waals surface area contributed by atoms with Crippen LogP contribution in [-0.2, 0) is 24.4 Å². The summed E-state index contributed by atoms with van der Waals surface area (Å²) in [7, 11) is 3.07. The number of ether oxygens (including phenoxy) is 2. The summed E-state index contributed by atoms with van der Waals surface area (Å²) in [6.45, 7) is 8.13. The first-order valence-corrected chi connectivity index (χ1v) is 11.7. The molecule has 0 aliphatic rings. The summed E-state index contributed by atoms with van der Waals surface area (Å²) in [4.78, 5) is 31.9. The van der Waals surface area contributed by atoms with Crippen LogP contribution in [0.4, 0.5) is 0 Å². The number of hydrogen-bond acceptors (Lipinski definition) is 6. The highest BCUT2D eigenvalue weighted by Gasteiger charge is 2.11. The lowest BCUT2D eigenvalue weighted by Crippen LogP contribution is -2.25. The summed E-state index contributed by atoms with van der Waals surface area (Å²) in [5.41, 5.74) is 2.70. The fraction of sp³-hybridized carbons (Fsp3) is 0.423. The molecule has 3 rings (SSSR count). The molecule has 0 atom stereocenters. The Labute approximate surface area is 200 Å². The Balaban J connectivity index is 1.54. The molecule has 34 heavy (non-hydrogen) atoms. The highest BCUT2D eigenvalue weighted by Crippen LogP contribution is 2.29. The zero-order valence-electron chi connectivity index (χ0n) is 20.5. The molecule has 1 N–H and O–H groups in total. The van der Waals surface area contributed by atoms with Crippen LogP contribution in [0.5, 0.6) is 11.5 Å². The van der Waals surface area contributed by atoms with Crippen molar-refractivity contribution in [1.82, 2.24) is 19.8 Å². The minimum atomic E-state index is -0.170. The number of nitrogens with one attached hydrogen (secondary N) is 1. The lowest BCUT2D eigenvalue weighted by molar-refractivity contribution is -0.121. The first kappa shape index (κ1) is 25.2. The van der Waals surface area contributed by atoms with Crippen molar-refractivity contribution in [3.05, 3.63) is 64.2 Å². The number of aromatic nitrogens is 2. The van der Waals surface area contributed by atoms with E-state index in [4.69, 9.17) is 9.47 Å². The van der Waals surface area contributed by atoms with E-state index in [0.29, 0.717) is 48.3 Å². The largest absolute Gasteiger partial charge is 0.493 e. The monoisotopic (exact) mass is 466 g/mol. The van der Waals surface area contributed by atoms with E-state index in [1.54, 1.807) is 19.2 Å². The zero-order chi connectivity index (χ0) is 24.5. The third-order valence-corrected chi connectivity index (χ3v) is 5.91. The van der Waals surface area contributed by atoms with Crippen molar-refractivity contribution in [3.63, 3.8) is 0 Å². The lowest BCUT2D eigenvalue weighted by atomic mass is 10.1. The summed E-state index contributed by atoms with van der Waals surface area (Å²) in [5, 5.41) is 3.43. The molecule has 3 aromatic rings. The average Bonchev–Trinajstić information content (AvgIpc) is 2.87. The molecule has 0 spiro atoms. The molecule has 0 fully saturated rings. The van der Waals surface area contributed by atoms with E-state index in [1.165, 1.54) is 23.6 Å². The molecular weight excluding hydrogens is 432 g/mol. The van der Waals surface area contributed by atoms with Gasteiger partial charge in [0.15, 0.2) is 11.5 Å². The second-order valence-electron chi connectivity index (χ2n) is 8.13. The van der Waals surface area contributed by atoms with Gasteiger partial charge in [-0.25, -0.2) is 4.98 Å². The number of carbonyl (C=O) groups is 1. The Hall–Kier alpha value is -3.39. The van der Waals surface area contributed by atoms with Crippen LogP contribution < -0.4 is 20.3 Å².